The van der Waals surface area contributed by atoms with Crippen molar-refractivity contribution in [2.45, 2.75) is 19.5 Å². The van der Waals surface area contributed by atoms with E-state index in [0.29, 0.717) is 24.4 Å². The minimum atomic E-state index is -0.469. The number of rotatable bonds is 7. The lowest BCUT2D eigenvalue weighted by molar-refractivity contribution is 0.183. The van der Waals surface area contributed by atoms with Crippen molar-refractivity contribution < 1.29 is 18.7 Å². The van der Waals surface area contributed by atoms with Crippen LogP contribution in [0.25, 0.3) is 0 Å². The first-order valence-electron chi connectivity index (χ1n) is 7.46. The number of methoxy groups -OCH3 is 2. The SMILES string of the molecule is COCCn1cc(NC(=O)N[C@H](C)c2ccc(OC)c(F)c2)cn1. The summed E-state index contributed by atoms with van der Waals surface area (Å²) in [6.45, 7) is 2.90. The second-order valence-corrected chi connectivity index (χ2v) is 5.20. The highest BCUT2D eigenvalue weighted by atomic mass is 19.1. The molecule has 24 heavy (non-hydrogen) atoms. The molecule has 2 aromatic rings. The van der Waals surface area contributed by atoms with Gasteiger partial charge in [0.2, 0.25) is 0 Å². The van der Waals surface area contributed by atoms with Crippen molar-refractivity contribution in [3.63, 3.8) is 0 Å². The molecular weight excluding hydrogens is 315 g/mol. The van der Waals surface area contributed by atoms with Gasteiger partial charge in [-0.2, -0.15) is 5.10 Å². The Morgan fingerprint density at radius 3 is 2.88 bits per heavy atom. The zero-order valence-corrected chi connectivity index (χ0v) is 13.9. The van der Waals surface area contributed by atoms with Gasteiger partial charge in [-0.3, -0.25) is 4.68 Å². The molecular formula is C16H21FN4O3. The van der Waals surface area contributed by atoms with Crippen LogP contribution in [-0.2, 0) is 11.3 Å². The minimum Gasteiger partial charge on any atom is -0.494 e. The zero-order valence-electron chi connectivity index (χ0n) is 13.9. The van der Waals surface area contributed by atoms with E-state index < -0.39 is 11.8 Å². The number of nitrogens with one attached hydrogen (secondary N) is 2. The van der Waals surface area contributed by atoms with Gasteiger partial charge < -0.3 is 20.1 Å². The van der Waals surface area contributed by atoms with E-state index in [9.17, 15) is 9.18 Å². The average molecular weight is 336 g/mol. The molecule has 0 unspecified atom stereocenters. The number of amides is 2. The van der Waals surface area contributed by atoms with Gasteiger partial charge in [-0.15, -0.1) is 0 Å². The van der Waals surface area contributed by atoms with E-state index >= 15 is 0 Å². The number of halogens is 1. The third-order valence-corrected chi connectivity index (χ3v) is 3.44. The first kappa shape index (κ1) is 17.7. The van der Waals surface area contributed by atoms with Crippen molar-refractivity contribution in [1.82, 2.24) is 15.1 Å². The fraction of sp³-hybridized carbons (Fsp3) is 0.375. The first-order chi connectivity index (χ1) is 11.5. The molecule has 2 amide bonds. The Balaban J connectivity index is 1.91. The van der Waals surface area contributed by atoms with Crippen molar-refractivity contribution in [3.8, 4) is 5.75 Å². The molecule has 0 aliphatic rings. The van der Waals surface area contributed by atoms with E-state index in [1.807, 2.05) is 0 Å². The number of carbonyl (C=O) groups excluding carboxylic acids is 1. The van der Waals surface area contributed by atoms with Crippen molar-refractivity contribution >= 4 is 11.7 Å². The van der Waals surface area contributed by atoms with Gasteiger partial charge in [0.25, 0.3) is 0 Å². The predicted octanol–water partition coefficient (Wildman–Crippen LogP) is 2.56. The fourth-order valence-corrected chi connectivity index (χ4v) is 2.13. The second kappa shape index (κ2) is 8.30. The maximum absolute atomic E-state index is 13.7. The van der Waals surface area contributed by atoms with Crippen LogP contribution in [0, 0.1) is 5.82 Å². The molecule has 1 atom stereocenters. The Morgan fingerprint density at radius 1 is 1.42 bits per heavy atom. The standard InChI is InChI=1S/C16H21FN4O3/c1-11(12-4-5-15(24-3)14(17)8-12)19-16(22)20-13-9-18-21(10-13)6-7-23-2/h4-5,8-11H,6-7H2,1-3H3,(H2,19,20,22)/t11-/m1/s1. The highest BCUT2D eigenvalue weighted by Gasteiger charge is 2.13. The van der Waals surface area contributed by atoms with Gasteiger partial charge in [-0.1, -0.05) is 6.07 Å². The number of hydrogen-bond donors (Lipinski definition) is 2. The number of benzene rings is 1. The third kappa shape index (κ3) is 4.69. The number of urea groups is 1. The summed E-state index contributed by atoms with van der Waals surface area (Å²) < 4.78 is 25.2. The predicted molar refractivity (Wildman–Crippen MR) is 87.6 cm³/mol. The van der Waals surface area contributed by atoms with E-state index in [1.165, 1.54) is 19.2 Å². The molecule has 1 heterocycles. The molecule has 0 fully saturated rings. The van der Waals surface area contributed by atoms with E-state index in [0.717, 1.165) is 0 Å². The molecule has 1 aromatic heterocycles. The van der Waals surface area contributed by atoms with Crippen LogP contribution in [0.2, 0.25) is 0 Å². The Hall–Kier alpha value is -2.61. The summed E-state index contributed by atoms with van der Waals surface area (Å²) in [5, 5.41) is 9.53. The van der Waals surface area contributed by atoms with Gasteiger partial charge >= 0.3 is 6.03 Å². The number of hydrogen-bond acceptors (Lipinski definition) is 4. The van der Waals surface area contributed by atoms with Crippen molar-refractivity contribution in [3.05, 3.63) is 42.0 Å². The topological polar surface area (TPSA) is 77.4 Å². The Bertz CT molecular complexity index is 690. The highest BCUT2D eigenvalue weighted by Crippen LogP contribution is 2.21. The summed E-state index contributed by atoms with van der Waals surface area (Å²) >= 11 is 0. The van der Waals surface area contributed by atoms with Crippen molar-refractivity contribution in [2.75, 3.05) is 26.1 Å². The van der Waals surface area contributed by atoms with Crippen LogP contribution in [0.5, 0.6) is 5.75 Å². The van der Waals surface area contributed by atoms with Gasteiger partial charge in [0.05, 0.1) is 38.2 Å². The Morgan fingerprint density at radius 2 is 2.21 bits per heavy atom. The molecule has 2 N–H and O–H groups in total. The van der Waals surface area contributed by atoms with Crippen LogP contribution in [0.1, 0.15) is 18.5 Å². The molecule has 8 heteroatoms. The van der Waals surface area contributed by atoms with E-state index in [4.69, 9.17) is 9.47 Å². The highest BCUT2D eigenvalue weighted by molar-refractivity contribution is 5.89. The summed E-state index contributed by atoms with van der Waals surface area (Å²) in [4.78, 5) is 12.0. The molecule has 0 saturated carbocycles. The largest absolute Gasteiger partial charge is 0.494 e. The van der Waals surface area contributed by atoms with Crippen LogP contribution in [0.3, 0.4) is 0 Å². The molecule has 0 radical (unpaired) electrons. The summed E-state index contributed by atoms with van der Waals surface area (Å²) in [7, 11) is 3.01. The zero-order chi connectivity index (χ0) is 17.5. The maximum atomic E-state index is 13.7. The van der Waals surface area contributed by atoms with Gasteiger partial charge in [0, 0.05) is 13.3 Å². The van der Waals surface area contributed by atoms with Gasteiger partial charge in [0.1, 0.15) is 0 Å². The van der Waals surface area contributed by atoms with Crippen LogP contribution >= 0.6 is 0 Å². The van der Waals surface area contributed by atoms with E-state index in [2.05, 4.69) is 15.7 Å². The lowest BCUT2D eigenvalue weighted by atomic mass is 10.1. The van der Waals surface area contributed by atoms with E-state index in [-0.39, 0.29) is 11.8 Å². The molecule has 0 bridgehead atoms. The smallest absolute Gasteiger partial charge is 0.319 e. The van der Waals surface area contributed by atoms with Gasteiger partial charge in [0.15, 0.2) is 11.6 Å². The van der Waals surface area contributed by atoms with Crippen LogP contribution in [0.15, 0.2) is 30.6 Å². The fourth-order valence-electron chi connectivity index (χ4n) is 2.13. The summed E-state index contributed by atoms with van der Waals surface area (Å²) in [6, 6.07) is 3.81. The summed E-state index contributed by atoms with van der Waals surface area (Å²) in [6.07, 6.45) is 3.25. The quantitative estimate of drug-likeness (QED) is 0.815. The number of ether oxygens (including phenoxy) is 2. The Labute approximate surface area is 139 Å². The van der Waals surface area contributed by atoms with E-state index in [1.54, 1.807) is 37.2 Å². The summed E-state index contributed by atoms with van der Waals surface area (Å²) in [5.74, 6) is -0.303. The molecule has 0 aliphatic carbocycles. The van der Waals surface area contributed by atoms with Gasteiger partial charge in [-0.05, 0) is 24.6 Å². The lowest BCUT2D eigenvalue weighted by Crippen LogP contribution is -2.31. The second-order valence-electron chi connectivity index (χ2n) is 5.20. The minimum absolute atomic E-state index is 0.166. The van der Waals surface area contributed by atoms with Gasteiger partial charge in [-0.25, -0.2) is 9.18 Å². The molecule has 0 saturated heterocycles. The number of anilines is 1. The first-order valence-corrected chi connectivity index (χ1v) is 7.46. The maximum Gasteiger partial charge on any atom is 0.319 e. The monoisotopic (exact) mass is 336 g/mol. The van der Waals surface area contributed by atoms with Crippen LogP contribution in [0.4, 0.5) is 14.9 Å². The lowest BCUT2D eigenvalue weighted by Gasteiger charge is -2.15. The molecule has 2 rings (SSSR count). The number of carbonyl (C=O) groups is 1. The van der Waals surface area contributed by atoms with Crippen molar-refractivity contribution in [2.24, 2.45) is 0 Å². The van der Waals surface area contributed by atoms with Crippen LogP contribution < -0.4 is 15.4 Å². The third-order valence-electron chi connectivity index (χ3n) is 3.44. The van der Waals surface area contributed by atoms with Crippen molar-refractivity contribution in [1.29, 1.82) is 0 Å². The molecule has 1 aromatic carbocycles. The average Bonchev–Trinajstić information content (AvgIpc) is 2.99. The number of nitrogens with zero attached hydrogens (tertiary/aromatic N) is 2. The molecule has 7 nitrogen and oxygen atoms in total. The van der Waals surface area contributed by atoms with Crippen LogP contribution in [-0.4, -0.2) is 36.6 Å². The molecule has 0 aliphatic heterocycles. The number of aromatic nitrogens is 2. The molecule has 0 spiro atoms. The summed E-state index contributed by atoms with van der Waals surface area (Å²) in [5.41, 5.74) is 1.20. The normalized spacial score (nSPS) is 11.8. The molecule has 130 valence electrons. The Kier molecular flexibility index (Phi) is 6.14.